The third-order valence-electron chi connectivity index (χ3n) is 4.44. The summed E-state index contributed by atoms with van der Waals surface area (Å²) in [5.41, 5.74) is 0.860. The highest BCUT2D eigenvalue weighted by atomic mass is 16.5. The average molecular weight is 298 g/mol. The van der Waals surface area contributed by atoms with Gasteiger partial charge in [0, 0.05) is 42.9 Å². The maximum atomic E-state index is 12.1. The third-order valence-corrected chi connectivity index (χ3v) is 4.44. The van der Waals surface area contributed by atoms with E-state index in [0.29, 0.717) is 23.5 Å². The molecule has 3 heterocycles. The monoisotopic (exact) mass is 298 g/mol. The highest BCUT2D eigenvalue weighted by Gasteiger charge is 2.35. The zero-order chi connectivity index (χ0) is 14.9. The summed E-state index contributed by atoms with van der Waals surface area (Å²) in [5, 5.41) is 4.05. The molecule has 1 aliphatic heterocycles. The van der Waals surface area contributed by atoms with Gasteiger partial charge in [0.05, 0.1) is 0 Å². The van der Waals surface area contributed by atoms with Crippen LogP contribution in [0.2, 0.25) is 0 Å². The van der Waals surface area contributed by atoms with Crippen molar-refractivity contribution in [2.24, 2.45) is 5.92 Å². The molecule has 0 radical (unpaired) electrons. The Morgan fingerprint density at radius 1 is 1.23 bits per heavy atom. The van der Waals surface area contributed by atoms with E-state index in [-0.39, 0.29) is 5.92 Å². The predicted octanol–water partition coefficient (Wildman–Crippen LogP) is 2.25. The maximum Gasteiger partial charge on any atom is 0.230 e. The summed E-state index contributed by atoms with van der Waals surface area (Å²) < 4.78 is 5.42. The van der Waals surface area contributed by atoms with Crippen LogP contribution < -0.4 is 0 Å². The molecule has 22 heavy (non-hydrogen) atoms. The molecule has 0 atom stereocenters. The minimum atomic E-state index is 0.251. The van der Waals surface area contributed by atoms with Gasteiger partial charge in [-0.2, -0.15) is 4.98 Å². The average Bonchev–Trinajstić information content (AvgIpc) is 3.32. The highest BCUT2D eigenvalue weighted by molar-refractivity contribution is 5.81. The number of nitrogens with zero attached hydrogens (tertiary/aromatic N) is 4. The molecule has 2 aliphatic rings. The number of pyridine rings is 1. The number of piperidine rings is 1. The molecule has 2 aromatic rings. The maximum absolute atomic E-state index is 12.1. The first-order valence-corrected chi connectivity index (χ1v) is 7.84. The Balaban J connectivity index is 1.41. The van der Waals surface area contributed by atoms with Gasteiger partial charge in [0.15, 0.2) is 0 Å². The number of hydrogen-bond donors (Lipinski definition) is 0. The largest absolute Gasteiger partial charge is 0.342 e. The first-order chi connectivity index (χ1) is 10.8. The van der Waals surface area contributed by atoms with E-state index >= 15 is 0 Å². The van der Waals surface area contributed by atoms with Gasteiger partial charge in [-0.3, -0.25) is 9.78 Å². The van der Waals surface area contributed by atoms with E-state index in [9.17, 15) is 4.79 Å². The molecule has 2 aromatic heterocycles. The van der Waals surface area contributed by atoms with Crippen molar-refractivity contribution in [3.05, 3.63) is 30.4 Å². The van der Waals surface area contributed by atoms with E-state index in [2.05, 4.69) is 15.1 Å². The number of hydrogen-bond acceptors (Lipinski definition) is 5. The fourth-order valence-corrected chi connectivity index (χ4v) is 2.95. The van der Waals surface area contributed by atoms with Gasteiger partial charge < -0.3 is 9.42 Å². The molecular formula is C16H18N4O2. The molecule has 0 N–H and O–H groups in total. The Hall–Kier alpha value is -2.24. The number of rotatable bonds is 3. The van der Waals surface area contributed by atoms with Crippen LogP contribution in [0.3, 0.4) is 0 Å². The lowest BCUT2D eigenvalue weighted by Gasteiger charge is -2.30. The Morgan fingerprint density at radius 2 is 2.05 bits per heavy atom. The summed E-state index contributed by atoms with van der Waals surface area (Å²) in [7, 11) is 0. The van der Waals surface area contributed by atoms with Crippen LogP contribution in [0.15, 0.2) is 29.0 Å². The molecule has 6 heteroatoms. The van der Waals surface area contributed by atoms with Crippen molar-refractivity contribution in [3.8, 4) is 11.4 Å². The Kier molecular flexibility index (Phi) is 3.36. The molecular weight excluding hydrogens is 280 g/mol. The van der Waals surface area contributed by atoms with Crippen molar-refractivity contribution >= 4 is 5.91 Å². The fraction of sp³-hybridized carbons (Fsp3) is 0.500. The number of carbonyl (C=O) groups is 1. The highest BCUT2D eigenvalue weighted by Crippen LogP contribution is 2.34. The summed E-state index contributed by atoms with van der Waals surface area (Å²) in [5.74, 6) is 2.15. The van der Waals surface area contributed by atoms with Gasteiger partial charge in [0.2, 0.25) is 17.6 Å². The summed E-state index contributed by atoms with van der Waals surface area (Å²) in [4.78, 5) is 22.6. The van der Waals surface area contributed by atoms with Crippen LogP contribution in [0.4, 0.5) is 0 Å². The molecule has 4 rings (SSSR count). The van der Waals surface area contributed by atoms with Crippen LogP contribution in [-0.2, 0) is 4.79 Å². The second-order valence-electron chi connectivity index (χ2n) is 6.07. The van der Waals surface area contributed by atoms with E-state index in [4.69, 9.17) is 4.52 Å². The van der Waals surface area contributed by atoms with E-state index in [1.165, 1.54) is 0 Å². The van der Waals surface area contributed by atoms with Crippen LogP contribution in [0.5, 0.6) is 0 Å². The van der Waals surface area contributed by atoms with Crippen molar-refractivity contribution in [1.29, 1.82) is 0 Å². The van der Waals surface area contributed by atoms with Crippen LogP contribution in [0, 0.1) is 5.92 Å². The molecule has 114 valence electrons. The van der Waals surface area contributed by atoms with Crippen LogP contribution in [0.1, 0.15) is 37.5 Å². The van der Waals surface area contributed by atoms with Crippen LogP contribution >= 0.6 is 0 Å². The van der Waals surface area contributed by atoms with Crippen molar-refractivity contribution in [2.75, 3.05) is 13.1 Å². The molecule has 1 saturated heterocycles. The van der Waals surface area contributed by atoms with Crippen molar-refractivity contribution < 1.29 is 9.32 Å². The van der Waals surface area contributed by atoms with Gasteiger partial charge >= 0.3 is 0 Å². The number of aromatic nitrogens is 3. The van der Waals surface area contributed by atoms with E-state index in [0.717, 1.165) is 44.3 Å². The molecule has 0 aromatic carbocycles. The molecule has 2 fully saturated rings. The molecule has 0 spiro atoms. The van der Waals surface area contributed by atoms with Crippen LogP contribution in [-0.4, -0.2) is 39.0 Å². The standard InChI is InChI=1S/C16H18N4O2/c21-16(12-3-4-12)20-8-5-11(6-9-20)15-18-14(19-22-15)13-2-1-7-17-10-13/h1-2,7,10-12H,3-6,8-9H2. The van der Waals surface area contributed by atoms with Crippen LogP contribution in [0.25, 0.3) is 11.4 Å². The van der Waals surface area contributed by atoms with Gasteiger partial charge in [0.1, 0.15) is 0 Å². The third kappa shape index (κ3) is 2.61. The lowest BCUT2D eigenvalue weighted by Crippen LogP contribution is -2.38. The molecule has 6 nitrogen and oxygen atoms in total. The smallest absolute Gasteiger partial charge is 0.230 e. The second-order valence-corrected chi connectivity index (χ2v) is 6.07. The molecule has 0 unspecified atom stereocenters. The minimum Gasteiger partial charge on any atom is -0.342 e. The quantitative estimate of drug-likeness (QED) is 0.869. The zero-order valence-corrected chi connectivity index (χ0v) is 12.3. The number of amides is 1. The van der Waals surface area contributed by atoms with Gasteiger partial charge in [-0.15, -0.1) is 0 Å². The summed E-state index contributed by atoms with van der Waals surface area (Å²) in [6.45, 7) is 1.59. The van der Waals surface area contributed by atoms with E-state index in [1.807, 2.05) is 17.0 Å². The van der Waals surface area contributed by atoms with Gasteiger partial charge in [0.25, 0.3) is 0 Å². The van der Waals surface area contributed by atoms with Gasteiger partial charge in [-0.05, 0) is 37.8 Å². The summed E-state index contributed by atoms with van der Waals surface area (Å²) >= 11 is 0. The molecule has 1 amide bonds. The summed E-state index contributed by atoms with van der Waals surface area (Å²) in [6.07, 6.45) is 7.37. The zero-order valence-electron chi connectivity index (χ0n) is 12.3. The van der Waals surface area contributed by atoms with Crippen molar-refractivity contribution in [1.82, 2.24) is 20.0 Å². The Morgan fingerprint density at radius 3 is 2.73 bits per heavy atom. The van der Waals surface area contributed by atoms with E-state index in [1.54, 1.807) is 12.4 Å². The van der Waals surface area contributed by atoms with Crippen molar-refractivity contribution in [2.45, 2.75) is 31.6 Å². The SMILES string of the molecule is O=C(C1CC1)N1CCC(c2nc(-c3cccnc3)no2)CC1. The molecule has 1 saturated carbocycles. The topological polar surface area (TPSA) is 72.1 Å². The van der Waals surface area contributed by atoms with E-state index < -0.39 is 0 Å². The second kappa shape index (κ2) is 5.51. The predicted molar refractivity (Wildman–Crippen MR) is 78.8 cm³/mol. The Labute approximate surface area is 128 Å². The first kappa shape index (κ1) is 13.4. The number of carbonyl (C=O) groups excluding carboxylic acids is 1. The molecule has 1 aliphatic carbocycles. The van der Waals surface area contributed by atoms with Gasteiger partial charge in [-0.25, -0.2) is 0 Å². The van der Waals surface area contributed by atoms with Crippen molar-refractivity contribution in [3.63, 3.8) is 0 Å². The molecule has 0 bridgehead atoms. The number of likely N-dealkylation sites (tertiary alicyclic amines) is 1. The normalized spacial score (nSPS) is 19.4. The first-order valence-electron chi connectivity index (χ1n) is 7.84. The lowest BCUT2D eigenvalue weighted by atomic mass is 9.96. The summed E-state index contributed by atoms with van der Waals surface area (Å²) in [6, 6.07) is 3.77. The van der Waals surface area contributed by atoms with Gasteiger partial charge in [-0.1, -0.05) is 5.16 Å². The Bertz CT molecular complexity index is 658. The lowest BCUT2D eigenvalue weighted by molar-refractivity contribution is -0.133. The fourth-order valence-electron chi connectivity index (χ4n) is 2.95. The minimum absolute atomic E-state index is 0.251.